The number of amides is 3. The largest absolute Gasteiger partial charge is 0.427 e. The lowest BCUT2D eigenvalue weighted by Gasteiger charge is -2.41. The molecular formula is C28H28FN5O4. The van der Waals surface area contributed by atoms with Crippen LogP contribution in [-0.4, -0.2) is 56.1 Å². The van der Waals surface area contributed by atoms with Crippen molar-refractivity contribution in [2.75, 3.05) is 6.54 Å². The molecule has 6 rings (SSSR count). The molecule has 2 aliphatic carbocycles. The molecule has 1 aromatic heterocycles. The number of hydrogen-bond donors (Lipinski definition) is 1. The van der Waals surface area contributed by atoms with Gasteiger partial charge >= 0.3 is 6.09 Å². The van der Waals surface area contributed by atoms with E-state index in [1.54, 1.807) is 27.9 Å². The van der Waals surface area contributed by atoms with Gasteiger partial charge in [0.25, 0.3) is 5.91 Å². The van der Waals surface area contributed by atoms with Crippen molar-refractivity contribution in [3.63, 3.8) is 0 Å². The molecule has 1 saturated heterocycles. The molecule has 3 aliphatic rings. The number of nitrogens with two attached hydrogens (primary N) is 1. The molecule has 1 saturated carbocycles. The highest BCUT2D eigenvalue weighted by Crippen LogP contribution is 2.46. The van der Waals surface area contributed by atoms with Crippen molar-refractivity contribution in [3.05, 3.63) is 77.4 Å². The van der Waals surface area contributed by atoms with Crippen molar-refractivity contribution in [2.24, 2.45) is 12.8 Å². The topological polar surface area (TPSA) is 111 Å². The van der Waals surface area contributed by atoms with Crippen LogP contribution in [0.1, 0.15) is 36.0 Å². The van der Waals surface area contributed by atoms with Gasteiger partial charge in [0.2, 0.25) is 11.5 Å². The molecule has 1 atom stereocenters. The highest BCUT2D eigenvalue weighted by atomic mass is 19.1. The molecule has 3 aromatic rings. The summed E-state index contributed by atoms with van der Waals surface area (Å²) in [4.78, 5) is 42.6. The van der Waals surface area contributed by atoms with Crippen LogP contribution in [0.5, 0.6) is 0 Å². The fraction of sp³-hybridized carbons (Fsp3) is 0.357. The van der Waals surface area contributed by atoms with Gasteiger partial charge in [-0.3, -0.25) is 14.3 Å². The van der Waals surface area contributed by atoms with Crippen molar-refractivity contribution < 1.29 is 23.5 Å². The number of rotatable bonds is 6. The van der Waals surface area contributed by atoms with Gasteiger partial charge in [-0.2, -0.15) is 5.10 Å². The lowest BCUT2D eigenvalue weighted by atomic mass is 9.86. The van der Waals surface area contributed by atoms with E-state index in [1.165, 1.54) is 12.1 Å². The number of carbonyl (C=O) groups is 3. The van der Waals surface area contributed by atoms with E-state index in [-0.39, 0.29) is 30.4 Å². The van der Waals surface area contributed by atoms with E-state index in [2.05, 4.69) is 5.10 Å². The number of halogens is 1. The quantitative estimate of drug-likeness (QED) is 0.538. The Balaban J connectivity index is 1.22. The molecule has 1 aliphatic heterocycles. The third kappa shape index (κ3) is 4.05. The first kappa shape index (κ1) is 24.3. The number of fused-ring (bicyclic) bond motifs is 2. The zero-order chi connectivity index (χ0) is 26.6. The van der Waals surface area contributed by atoms with Crippen LogP contribution in [0.2, 0.25) is 0 Å². The standard InChI is InChI=1S/C28H28FN5O4/c1-32-15-20(13-31-32)18-4-7-24-19(10-18)8-9-28(24)26(36)34(27(37)38-28)16-25(35)33(23-11-22(30)12-23)14-17-2-5-21(29)6-3-17/h2-7,10,13,15,22-23H,8-9,11-12,14,16,30H2,1H3. The molecule has 196 valence electrons. The van der Waals surface area contributed by atoms with Gasteiger partial charge in [0.05, 0.1) is 6.20 Å². The number of aryl methyl sites for hydroxylation is 2. The SMILES string of the molecule is Cn1cc(-c2ccc3c(c2)CCC32OC(=O)N(CC(=O)N(Cc3ccc(F)cc3)C3CC(N)C3)C2=O)cn1. The Labute approximate surface area is 219 Å². The fourth-order valence-electron chi connectivity index (χ4n) is 5.72. The fourth-order valence-corrected chi connectivity index (χ4v) is 5.72. The van der Waals surface area contributed by atoms with Gasteiger partial charge < -0.3 is 15.4 Å². The minimum Gasteiger partial charge on any atom is -0.427 e. The number of nitrogens with zero attached hydrogens (tertiary/aromatic N) is 4. The first-order valence-electron chi connectivity index (χ1n) is 12.7. The average molecular weight is 518 g/mol. The van der Waals surface area contributed by atoms with Crippen LogP contribution in [-0.2, 0) is 39.9 Å². The molecular weight excluding hydrogens is 489 g/mol. The number of imide groups is 1. The maximum absolute atomic E-state index is 13.7. The first-order valence-corrected chi connectivity index (χ1v) is 12.7. The van der Waals surface area contributed by atoms with Crippen LogP contribution in [0.25, 0.3) is 11.1 Å². The molecule has 2 heterocycles. The molecule has 2 aromatic carbocycles. The van der Waals surface area contributed by atoms with Crippen LogP contribution in [0.15, 0.2) is 54.9 Å². The minimum absolute atomic E-state index is 0.00304. The van der Waals surface area contributed by atoms with Crippen molar-refractivity contribution in [3.8, 4) is 11.1 Å². The second-order valence-corrected chi connectivity index (χ2v) is 10.4. The third-order valence-electron chi connectivity index (χ3n) is 7.87. The predicted octanol–water partition coefficient (Wildman–Crippen LogP) is 2.87. The van der Waals surface area contributed by atoms with Crippen LogP contribution >= 0.6 is 0 Å². The van der Waals surface area contributed by atoms with Crippen molar-refractivity contribution in [1.82, 2.24) is 19.6 Å². The second kappa shape index (κ2) is 9.05. The summed E-state index contributed by atoms with van der Waals surface area (Å²) in [5, 5.41) is 4.22. The van der Waals surface area contributed by atoms with Gasteiger partial charge in [0.15, 0.2) is 0 Å². The summed E-state index contributed by atoms with van der Waals surface area (Å²) in [6.07, 6.45) is 5.01. The van der Waals surface area contributed by atoms with E-state index in [9.17, 15) is 18.8 Å². The Hall–Kier alpha value is -4.05. The molecule has 0 bridgehead atoms. The van der Waals surface area contributed by atoms with Crippen LogP contribution in [0.4, 0.5) is 9.18 Å². The van der Waals surface area contributed by atoms with E-state index in [0.717, 1.165) is 27.2 Å². The molecule has 1 spiro atoms. The Morgan fingerprint density at radius 3 is 2.63 bits per heavy atom. The minimum atomic E-state index is -1.42. The molecule has 9 nitrogen and oxygen atoms in total. The van der Waals surface area contributed by atoms with Gasteiger partial charge in [-0.05, 0) is 48.1 Å². The highest BCUT2D eigenvalue weighted by molar-refractivity contribution is 6.06. The van der Waals surface area contributed by atoms with Gasteiger partial charge in [-0.25, -0.2) is 14.1 Å². The smallest absolute Gasteiger partial charge is 0.418 e. The number of aromatic nitrogens is 2. The first-order chi connectivity index (χ1) is 18.2. The summed E-state index contributed by atoms with van der Waals surface area (Å²) >= 11 is 0. The third-order valence-corrected chi connectivity index (χ3v) is 7.87. The summed E-state index contributed by atoms with van der Waals surface area (Å²) in [5.74, 6) is -1.26. The summed E-state index contributed by atoms with van der Waals surface area (Å²) in [6, 6.07) is 11.5. The summed E-state index contributed by atoms with van der Waals surface area (Å²) in [7, 11) is 1.85. The van der Waals surface area contributed by atoms with Crippen LogP contribution in [0, 0.1) is 5.82 Å². The lowest BCUT2D eigenvalue weighted by Crippen LogP contribution is -2.55. The normalized spacial score (nSPS) is 23.9. The van der Waals surface area contributed by atoms with E-state index in [4.69, 9.17) is 10.5 Å². The van der Waals surface area contributed by atoms with Crippen LogP contribution in [0.3, 0.4) is 0 Å². The summed E-state index contributed by atoms with van der Waals surface area (Å²) < 4.78 is 20.8. The summed E-state index contributed by atoms with van der Waals surface area (Å²) in [5.41, 5.74) is 8.82. The monoisotopic (exact) mass is 517 g/mol. The molecule has 3 amide bonds. The molecule has 38 heavy (non-hydrogen) atoms. The predicted molar refractivity (Wildman–Crippen MR) is 135 cm³/mol. The average Bonchev–Trinajstić information content (AvgIpc) is 3.54. The number of ether oxygens (including phenoxy) is 1. The molecule has 0 radical (unpaired) electrons. The van der Waals surface area contributed by atoms with Gasteiger partial charge in [0, 0.05) is 49.4 Å². The van der Waals surface area contributed by atoms with E-state index in [0.29, 0.717) is 31.2 Å². The van der Waals surface area contributed by atoms with E-state index >= 15 is 0 Å². The van der Waals surface area contributed by atoms with E-state index in [1.807, 2.05) is 31.4 Å². The number of carbonyl (C=O) groups excluding carboxylic acids is 3. The lowest BCUT2D eigenvalue weighted by molar-refractivity contribution is -0.144. The van der Waals surface area contributed by atoms with Crippen molar-refractivity contribution >= 4 is 17.9 Å². The van der Waals surface area contributed by atoms with Gasteiger partial charge in [-0.15, -0.1) is 0 Å². The van der Waals surface area contributed by atoms with Gasteiger partial charge in [-0.1, -0.05) is 30.3 Å². The molecule has 2 fully saturated rings. The Morgan fingerprint density at radius 2 is 1.95 bits per heavy atom. The van der Waals surface area contributed by atoms with Crippen molar-refractivity contribution in [1.29, 1.82) is 0 Å². The molecule has 2 N–H and O–H groups in total. The Kier molecular flexibility index (Phi) is 5.79. The summed E-state index contributed by atoms with van der Waals surface area (Å²) in [6.45, 7) is -0.186. The van der Waals surface area contributed by atoms with Gasteiger partial charge in [0.1, 0.15) is 12.4 Å². The molecule has 1 unspecified atom stereocenters. The van der Waals surface area contributed by atoms with E-state index < -0.39 is 24.1 Å². The zero-order valence-corrected chi connectivity index (χ0v) is 21.0. The zero-order valence-electron chi connectivity index (χ0n) is 21.0. The maximum Gasteiger partial charge on any atom is 0.418 e. The Bertz CT molecular complexity index is 1430. The maximum atomic E-state index is 13.7. The van der Waals surface area contributed by atoms with Crippen molar-refractivity contribution in [2.45, 2.75) is 49.9 Å². The molecule has 10 heteroatoms. The second-order valence-electron chi connectivity index (χ2n) is 10.4. The number of hydrogen-bond acceptors (Lipinski definition) is 6. The van der Waals surface area contributed by atoms with Crippen LogP contribution < -0.4 is 5.73 Å². The Morgan fingerprint density at radius 1 is 1.18 bits per heavy atom. The highest BCUT2D eigenvalue weighted by Gasteiger charge is 2.58. The number of benzene rings is 2.